The van der Waals surface area contributed by atoms with Crippen LogP contribution in [-0.4, -0.2) is 25.4 Å². The van der Waals surface area contributed by atoms with E-state index in [0.717, 1.165) is 19.3 Å². The minimum atomic E-state index is -4.23. The smallest absolute Gasteiger partial charge is 0.368 e. The van der Waals surface area contributed by atoms with Crippen molar-refractivity contribution in [3.63, 3.8) is 0 Å². The van der Waals surface area contributed by atoms with Gasteiger partial charge in [0.05, 0.1) is 6.10 Å². The molecule has 84 valence electrons. The van der Waals surface area contributed by atoms with Gasteiger partial charge in [-0.05, 0) is 25.3 Å². The monoisotopic (exact) mass is 211 g/mol. The van der Waals surface area contributed by atoms with E-state index in [9.17, 15) is 13.2 Å². The molecule has 1 aliphatic carbocycles. The van der Waals surface area contributed by atoms with E-state index in [0.29, 0.717) is 13.0 Å². The zero-order chi connectivity index (χ0) is 10.6. The normalized spacial score (nSPS) is 29.1. The van der Waals surface area contributed by atoms with Crippen molar-refractivity contribution in [2.24, 2.45) is 11.7 Å². The minimum absolute atomic E-state index is 0.103. The van der Waals surface area contributed by atoms with Crippen LogP contribution in [0.15, 0.2) is 0 Å². The second-order valence-corrected chi connectivity index (χ2v) is 3.74. The van der Waals surface area contributed by atoms with Crippen LogP contribution in [0.3, 0.4) is 0 Å². The molecular formula is C9H16F3NO. The van der Waals surface area contributed by atoms with Crippen molar-refractivity contribution in [3.8, 4) is 0 Å². The van der Waals surface area contributed by atoms with Gasteiger partial charge in [0.15, 0.2) is 0 Å². The zero-order valence-electron chi connectivity index (χ0n) is 8.02. The zero-order valence-corrected chi connectivity index (χ0v) is 8.02. The van der Waals surface area contributed by atoms with Gasteiger partial charge < -0.3 is 10.5 Å². The largest absolute Gasteiger partial charge is 0.411 e. The van der Waals surface area contributed by atoms with E-state index in [2.05, 4.69) is 0 Å². The molecule has 14 heavy (non-hydrogen) atoms. The quantitative estimate of drug-likeness (QED) is 0.775. The van der Waals surface area contributed by atoms with Gasteiger partial charge in [0.25, 0.3) is 0 Å². The third kappa shape index (κ3) is 3.84. The number of hydrogen-bond donors (Lipinski definition) is 1. The van der Waals surface area contributed by atoms with Gasteiger partial charge in [-0.2, -0.15) is 13.2 Å². The van der Waals surface area contributed by atoms with Gasteiger partial charge in [-0.3, -0.25) is 0 Å². The summed E-state index contributed by atoms with van der Waals surface area (Å²) < 4.78 is 40.5. The van der Waals surface area contributed by atoms with Crippen molar-refractivity contribution in [2.75, 3.05) is 13.2 Å². The predicted octanol–water partition coefficient (Wildman–Crippen LogP) is 2.08. The molecule has 1 saturated carbocycles. The second-order valence-electron chi connectivity index (χ2n) is 3.74. The van der Waals surface area contributed by atoms with Crippen LogP contribution in [0.1, 0.15) is 25.7 Å². The Morgan fingerprint density at radius 2 is 1.86 bits per heavy atom. The Morgan fingerprint density at radius 3 is 2.43 bits per heavy atom. The van der Waals surface area contributed by atoms with E-state index < -0.39 is 12.8 Å². The van der Waals surface area contributed by atoms with Gasteiger partial charge in [-0.15, -0.1) is 0 Å². The van der Waals surface area contributed by atoms with Crippen molar-refractivity contribution in [3.05, 3.63) is 0 Å². The van der Waals surface area contributed by atoms with Crippen molar-refractivity contribution in [1.29, 1.82) is 0 Å². The van der Waals surface area contributed by atoms with E-state index in [1.807, 2.05) is 0 Å². The summed E-state index contributed by atoms with van der Waals surface area (Å²) in [5.41, 5.74) is 5.47. The molecule has 1 rings (SSSR count). The molecule has 5 heteroatoms. The molecule has 0 radical (unpaired) electrons. The standard InChI is InChI=1S/C9H16F3NO/c10-9(11,12)6-14-8-4-2-1-3-7(8)5-13/h7-8H,1-6,13H2/t7-,8-/m0/s1. The molecule has 0 bridgehead atoms. The molecule has 0 saturated heterocycles. The summed E-state index contributed by atoms with van der Waals surface area (Å²) in [6.07, 6.45) is -0.935. The number of halogens is 3. The summed E-state index contributed by atoms with van der Waals surface area (Å²) in [7, 11) is 0. The van der Waals surface area contributed by atoms with Gasteiger partial charge in [-0.1, -0.05) is 12.8 Å². The summed E-state index contributed by atoms with van der Waals surface area (Å²) in [4.78, 5) is 0. The van der Waals surface area contributed by atoms with Crippen LogP contribution in [0.4, 0.5) is 13.2 Å². The minimum Gasteiger partial charge on any atom is -0.368 e. The van der Waals surface area contributed by atoms with Crippen LogP contribution in [0.5, 0.6) is 0 Å². The summed E-state index contributed by atoms with van der Waals surface area (Å²) >= 11 is 0. The number of alkyl halides is 3. The van der Waals surface area contributed by atoms with Gasteiger partial charge in [-0.25, -0.2) is 0 Å². The van der Waals surface area contributed by atoms with Gasteiger partial charge in [0, 0.05) is 0 Å². The fourth-order valence-electron chi connectivity index (χ4n) is 1.86. The number of nitrogens with two attached hydrogens (primary N) is 1. The lowest BCUT2D eigenvalue weighted by Crippen LogP contribution is -2.35. The van der Waals surface area contributed by atoms with Crippen LogP contribution in [-0.2, 0) is 4.74 Å². The summed E-state index contributed by atoms with van der Waals surface area (Å²) in [5, 5.41) is 0. The molecule has 0 heterocycles. The maximum Gasteiger partial charge on any atom is 0.411 e. The fourth-order valence-corrected chi connectivity index (χ4v) is 1.86. The topological polar surface area (TPSA) is 35.2 Å². The van der Waals surface area contributed by atoms with Crippen LogP contribution < -0.4 is 5.73 Å². The summed E-state index contributed by atoms with van der Waals surface area (Å²) in [5.74, 6) is 0.103. The Hall–Kier alpha value is -0.290. The second kappa shape index (κ2) is 4.98. The van der Waals surface area contributed by atoms with Crippen LogP contribution in [0.25, 0.3) is 0 Å². The van der Waals surface area contributed by atoms with Crippen molar-refractivity contribution < 1.29 is 17.9 Å². The van der Waals surface area contributed by atoms with E-state index in [1.54, 1.807) is 0 Å². The molecule has 0 aliphatic heterocycles. The van der Waals surface area contributed by atoms with Gasteiger partial charge >= 0.3 is 6.18 Å². The third-order valence-electron chi connectivity index (χ3n) is 2.60. The summed E-state index contributed by atoms with van der Waals surface area (Å²) in [6.45, 7) is -0.726. The number of hydrogen-bond acceptors (Lipinski definition) is 2. The van der Waals surface area contributed by atoms with E-state index in [1.165, 1.54) is 0 Å². The van der Waals surface area contributed by atoms with Crippen LogP contribution >= 0.6 is 0 Å². The molecule has 2 nitrogen and oxygen atoms in total. The highest BCUT2D eigenvalue weighted by Gasteiger charge is 2.32. The molecule has 1 fully saturated rings. The average molecular weight is 211 g/mol. The average Bonchev–Trinajstić information content (AvgIpc) is 2.14. The lowest BCUT2D eigenvalue weighted by atomic mass is 9.86. The lowest BCUT2D eigenvalue weighted by Gasteiger charge is -2.30. The number of ether oxygens (including phenoxy) is 1. The molecule has 0 spiro atoms. The van der Waals surface area contributed by atoms with Crippen molar-refractivity contribution in [2.45, 2.75) is 38.0 Å². The third-order valence-corrected chi connectivity index (χ3v) is 2.60. The Bertz CT molecular complexity index is 172. The first-order chi connectivity index (χ1) is 6.53. The Kier molecular flexibility index (Phi) is 4.19. The first kappa shape index (κ1) is 11.8. The lowest BCUT2D eigenvalue weighted by molar-refractivity contribution is -0.192. The number of rotatable bonds is 3. The maximum absolute atomic E-state index is 11.9. The molecule has 0 amide bonds. The van der Waals surface area contributed by atoms with Crippen molar-refractivity contribution >= 4 is 0 Å². The van der Waals surface area contributed by atoms with E-state index >= 15 is 0 Å². The first-order valence-corrected chi connectivity index (χ1v) is 4.91. The van der Waals surface area contributed by atoms with Crippen LogP contribution in [0.2, 0.25) is 0 Å². The molecule has 0 aromatic heterocycles. The Balaban J connectivity index is 2.33. The maximum atomic E-state index is 11.9. The highest BCUT2D eigenvalue weighted by atomic mass is 19.4. The molecule has 0 aromatic carbocycles. The Morgan fingerprint density at radius 1 is 1.21 bits per heavy atom. The van der Waals surface area contributed by atoms with Gasteiger partial charge in [0.2, 0.25) is 0 Å². The fraction of sp³-hybridized carbons (Fsp3) is 1.00. The van der Waals surface area contributed by atoms with Gasteiger partial charge in [0.1, 0.15) is 6.61 Å². The molecule has 0 unspecified atom stereocenters. The molecule has 1 aliphatic rings. The first-order valence-electron chi connectivity index (χ1n) is 4.91. The SMILES string of the molecule is NC[C@@H]1CCCC[C@@H]1OCC(F)(F)F. The molecule has 2 N–H and O–H groups in total. The molecule has 0 aromatic rings. The Labute approximate surface area is 81.6 Å². The summed E-state index contributed by atoms with van der Waals surface area (Å²) in [6, 6.07) is 0. The predicted molar refractivity (Wildman–Crippen MR) is 46.8 cm³/mol. The van der Waals surface area contributed by atoms with E-state index in [-0.39, 0.29) is 12.0 Å². The van der Waals surface area contributed by atoms with E-state index in [4.69, 9.17) is 10.5 Å². The van der Waals surface area contributed by atoms with Crippen molar-refractivity contribution in [1.82, 2.24) is 0 Å². The van der Waals surface area contributed by atoms with Crippen LogP contribution in [0, 0.1) is 5.92 Å². The highest BCUT2D eigenvalue weighted by molar-refractivity contribution is 4.76. The molecular weight excluding hydrogens is 195 g/mol. The molecule has 2 atom stereocenters. The highest BCUT2D eigenvalue weighted by Crippen LogP contribution is 2.27.